The van der Waals surface area contributed by atoms with Crippen LogP contribution in [0.15, 0.2) is 18.2 Å². The van der Waals surface area contributed by atoms with Crippen LogP contribution in [0.4, 0.5) is 10.1 Å². The van der Waals surface area contributed by atoms with E-state index in [-0.39, 0.29) is 5.82 Å². The molecule has 0 aliphatic carbocycles. The molecule has 0 bridgehead atoms. The van der Waals surface area contributed by atoms with E-state index in [2.05, 4.69) is 17.1 Å². The van der Waals surface area contributed by atoms with Crippen LogP contribution in [-0.2, 0) is 0 Å². The van der Waals surface area contributed by atoms with Gasteiger partial charge < -0.3 is 10.2 Å². The topological polar surface area (TPSA) is 15.3 Å². The molecular formula is C14H21FN2. The largest absolute Gasteiger partial charge is 0.366 e. The van der Waals surface area contributed by atoms with Gasteiger partial charge in [0.1, 0.15) is 5.82 Å². The van der Waals surface area contributed by atoms with E-state index >= 15 is 0 Å². The van der Waals surface area contributed by atoms with Crippen LogP contribution >= 0.6 is 0 Å². The maximum atomic E-state index is 13.9. The van der Waals surface area contributed by atoms with Crippen LogP contribution in [0, 0.1) is 12.7 Å². The molecule has 2 nitrogen and oxygen atoms in total. The number of nitrogens with one attached hydrogen (secondary N) is 1. The SMILES string of the molecule is CCCC1CN(c2c(C)cccc2F)CCN1. The second kappa shape index (κ2) is 5.50. The van der Waals surface area contributed by atoms with Crippen LogP contribution in [0.5, 0.6) is 0 Å². The quantitative estimate of drug-likeness (QED) is 0.868. The van der Waals surface area contributed by atoms with Crippen molar-refractivity contribution in [3.63, 3.8) is 0 Å². The van der Waals surface area contributed by atoms with Gasteiger partial charge in [-0.1, -0.05) is 25.5 Å². The molecule has 1 unspecified atom stereocenters. The number of para-hydroxylation sites is 1. The van der Waals surface area contributed by atoms with E-state index in [4.69, 9.17) is 0 Å². The Bertz CT molecular complexity index is 356. The monoisotopic (exact) mass is 236 g/mol. The normalized spacial score (nSPS) is 20.6. The van der Waals surface area contributed by atoms with Crippen molar-refractivity contribution >= 4 is 5.69 Å². The van der Waals surface area contributed by atoms with Crippen LogP contribution in [0.1, 0.15) is 25.3 Å². The smallest absolute Gasteiger partial charge is 0.146 e. The van der Waals surface area contributed by atoms with Crippen molar-refractivity contribution in [1.29, 1.82) is 0 Å². The summed E-state index contributed by atoms with van der Waals surface area (Å²) in [6.07, 6.45) is 2.33. The summed E-state index contributed by atoms with van der Waals surface area (Å²) < 4.78 is 13.9. The van der Waals surface area contributed by atoms with E-state index in [1.807, 2.05) is 13.0 Å². The number of hydrogen-bond donors (Lipinski definition) is 1. The van der Waals surface area contributed by atoms with Gasteiger partial charge in [-0.05, 0) is 25.0 Å². The lowest BCUT2D eigenvalue weighted by atomic mass is 10.1. The molecular weight excluding hydrogens is 215 g/mol. The Balaban J connectivity index is 2.16. The molecule has 1 aromatic carbocycles. The van der Waals surface area contributed by atoms with Crippen LogP contribution in [0.25, 0.3) is 0 Å². The minimum atomic E-state index is -0.0952. The standard InChI is InChI=1S/C14H21FN2/c1-3-5-12-10-17(9-8-16-12)14-11(2)6-4-7-13(14)15/h4,6-7,12,16H,3,5,8-10H2,1-2H3. The van der Waals surface area contributed by atoms with Gasteiger partial charge in [0.25, 0.3) is 0 Å². The van der Waals surface area contributed by atoms with Crippen LogP contribution in [0.2, 0.25) is 0 Å². The number of piperazine rings is 1. The van der Waals surface area contributed by atoms with Crippen molar-refractivity contribution in [2.45, 2.75) is 32.7 Å². The van der Waals surface area contributed by atoms with Crippen LogP contribution in [-0.4, -0.2) is 25.7 Å². The third-order valence-corrected chi connectivity index (χ3v) is 3.40. The molecule has 1 N–H and O–H groups in total. The molecule has 3 heteroatoms. The zero-order chi connectivity index (χ0) is 12.3. The summed E-state index contributed by atoms with van der Waals surface area (Å²) in [6, 6.07) is 5.81. The lowest BCUT2D eigenvalue weighted by Gasteiger charge is -2.36. The summed E-state index contributed by atoms with van der Waals surface area (Å²) in [6.45, 7) is 6.92. The van der Waals surface area contributed by atoms with Crippen molar-refractivity contribution < 1.29 is 4.39 Å². The van der Waals surface area contributed by atoms with Crippen molar-refractivity contribution in [2.75, 3.05) is 24.5 Å². The summed E-state index contributed by atoms with van der Waals surface area (Å²) in [5.74, 6) is -0.0952. The minimum absolute atomic E-state index is 0.0952. The molecule has 0 saturated carbocycles. The van der Waals surface area contributed by atoms with Gasteiger partial charge in [0.05, 0.1) is 5.69 Å². The molecule has 0 radical (unpaired) electrons. The minimum Gasteiger partial charge on any atom is -0.366 e. The maximum Gasteiger partial charge on any atom is 0.146 e. The summed E-state index contributed by atoms with van der Waals surface area (Å²) in [4.78, 5) is 2.18. The van der Waals surface area contributed by atoms with Gasteiger partial charge >= 0.3 is 0 Å². The Morgan fingerprint density at radius 2 is 2.29 bits per heavy atom. The Hall–Kier alpha value is -1.09. The highest BCUT2D eigenvalue weighted by molar-refractivity contribution is 5.54. The number of aryl methyl sites for hydroxylation is 1. The zero-order valence-corrected chi connectivity index (χ0v) is 10.7. The number of halogens is 1. The van der Waals surface area contributed by atoms with E-state index in [0.29, 0.717) is 6.04 Å². The maximum absolute atomic E-state index is 13.9. The van der Waals surface area contributed by atoms with E-state index < -0.39 is 0 Å². The number of rotatable bonds is 3. The average molecular weight is 236 g/mol. The molecule has 2 rings (SSSR count). The van der Waals surface area contributed by atoms with Crippen molar-refractivity contribution in [1.82, 2.24) is 5.32 Å². The summed E-state index contributed by atoms with van der Waals surface area (Å²) in [5, 5.41) is 3.49. The van der Waals surface area contributed by atoms with Crippen molar-refractivity contribution in [3.8, 4) is 0 Å². The molecule has 0 aromatic heterocycles. The number of hydrogen-bond acceptors (Lipinski definition) is 2. The molecule has 1 aromatic rings. The Labute approximate surface area is 103 Å². The first-order valence-electron chi connectivity index (χ1n) is 6.45. The van der Waals surface area contributed by atoms with Gasteiger partial charge in [-0.25, -0.2) is 4.39 Å². The van der Waals surface area contributed by atoms with Crippen LogP contribution in [0.3, 0.4) is 0 Å². The predicted molar refractivity (Wildman–Crippen MR) is 70.0 cm³/mol. The Kier molecular flexibility index (Phi) is 4.00. The molecule has 0 spiro atoms. The van der Waals surface area contributed by atoms with Gasteiger partial charge in [-0.2, -0.15) is 0 Å². The fraction of sp³-hybridized carbons (Fsp3) is 0.571. The third kappa shape index (κ3) is 2.78. The van der Waals surface area contributed by atoms with E-state index in [0.717, 1.165) is 37.3 Å². The highest BCUT2D eigenvalue weighted by atomic mass is 19.1. The van der Waals surface area contributed by atoms with E-state index in [1.165, 1.54) is 6.42 Å². The lowest BCUT2D eigenvalue weighted by molar-refractivity contribution is 0.427. The van der Waals surface area contributed by atoms with E-state index in [9.17, 15) is 4.39 Å². The van der Waals surface area contributed by atoms with Gasteiger partial charge in [-0.3, -0.25) is 0 Å². The van der Waals surface area contributed by atoms with Gasteiger partial charge in [-0.15, -0.1) is 0 Å². The summed E-state index contributed by atoms with van der Waals surface area (Å²) in [7, 11) is 0. The fourth-order valence-corrected chi connectivity index (χ4v) is 2.59. The zero-order valence-electron chi connectivity index (χ0n) is 10.7. The molecule has 1 aliphatic heterocycles. The highest BCUT2D eigenvalue weighted by Crippen LogP contribution is 2.25. The third-order valence-electron chi connectivity index (χ3n) is 3.40. The summed E-state index contributed by atoms with van der Waals surface area (Å²) in [5.41, 5.74) is 1.82. The Morgan fingerprint density at radius 1 is 1.47 bits per heavy atom. The lowest BCUT2D eigenvalue weighted by Crippen LogP contribution is -2.51. The molecule has 17 heavy (non-hydrogen) atoms. The average Bonchev–Trinajstić information content (AvgIpc) is 2.30. The molecule has 0 amide bonds. The first-order chi connectivity index (χ1) is 8.22. The Morgan fingerprint density at radius 3 is 3.00 bits per heavy atom. The van der Waals surface area contributed by atoms with Gasteiger partial charge in [0.2, 0.25) is 0 Å². The molecule has 1 saturated heterocycles. The fourth-order valence-electron chi connectivity index (χ4n) is 2.59. The van der Waals surface area contributed by atoms with Crippen molar-refractivity contribution in [2.24, 2.45) is 0 Å². The molecule has 1 atom stereocenters. The molecule has 1 aliphatic rings. The predicted octanol–water partition coefficient (Wildman–Crippen LogP) is 2.71. The molecule has 1 fully saturated rings. The van der Waals surface area contributed by atoms with E-state index in [1.54, 1.807) is 12.1 Å². The first kappa shape index (κ1) is 12.4. The van der Waals surface area contributed by atoms with Gasteiger partial charge in [0, 0.05) is 25.7 Å². The van der Waals surface area contributed by atoms with Crippen molar-refractivity contribution in [3.05, 3.63) is 29.6 Å². The van der Waals surface area contributed by atoms with Gasteiger partial charge in [0.15, 0.2) is 0 Å². The highest BCUT2D eigenvalue weighted by Gasteiger charge is 2.21. The number of nitrogens with zero attached hydrogens (tertiary/aromatic N) is 1. The van der Waals surface area contributed by atoms with Crippen LogP contribution < -0.4 is 10.2 Å². The number of anilines is 1. The first-order valence-corrected chi connectivity index (χ1v) is 6.45. The summed E-state index contributed by atoms with van der Waals surface area (Å²) >= 11 is 0. The molecule has 1 heterocycles. The second-order valence-corrected chi connectivity index (χ2v) is 4.79. The molecule has 94 valence electrons. The number of benzene rings is 1. The second-order valence-electron chi connectivity index (χ2n) is 4.79.